The Morgan fingerprint density at radius 3 is 2.83 bits per heavy atom. The molecule has 0 heterocycles. The van der Waals surface area contributed by atoms with E-state index in [1.165, 1.54) is 6.07 Å². The molecule has 0 radical (unpaired) electrons. The van der Waals surface area contributed by atoms with E-state index >= 15 is 0 Å². The Balaban J connectivity index is 2.18. The van der Waals surface area contributed by atoms with Gasteiger partial charge in [0.1, 0.15) is 5.82 Å². The molecule has 18 heavy (non-hydrogen) atoms. The van der Waals surface area contributed by atoms with Gasteiger partial charge in [-0.2, -0.15) is 0 Å². The molecule has 0 aromatic heterocycles. The highest BCUT2D eigenvalue weighted by molar-refractivity contribution is 5.38. The van der Waals surface area contributed by atoms with Crippen LogP contribution in [-0.2, 0) is 16.8 Å². The van der Waals surface area contributed by atoms with Gasteiger partial charge in [-0.1, -0.05) is 12.1 Å². The van der Waals surface area contributed by atoms with Crippen molar-refractivity contribution in [2.75, 3.05) is 7.11 Å². The lowest BCUT2D eigenvalue weighted by Gasteiger charge is -2.30. The maximum absolute atomic E-state index is 13.6. The molecule has 0 spiro atoms. The fourth-order valence-electron chi connectivity index (χ4n) is 2.58. The van der Waals surface area contributed by atoms with E-state index in [0.29, 0.717) is 24.8 Å². The maximum Gasteiger partial charge on any atom is 0.126 e. The predicted molar refractivity (Wildman–Crippen MR) is 68.9 cm³/mol. The third-order valence-electron chi connectivity index (χ3n) is 4.10. The first-order valence-corrected chi connectivity index (χ1v) is 6.43. The van der Waals surface area contributed by atoms with Gasteiger partial charge in [-0.25, -0.2) is 4.39 Å². The second-order valence-electron chi connectivity index (χ2n) is 5.76. The summed E-state index contributed by atoms with van der Waals surface area (Å²) in [6, 6.07) is 4.97. The summed E-state index contributed by atoms with van der Waals surface area (Å²) < 4.78 is 19.0. The van der Waals surface area contributed by atoms with Crippen molar-refractivity contribution in [2.24, 2.45) is 0 Å². The summed E-state index contributed by atoms with van der Waals surface area (Å²) in [6.45, 7) is 4.00. The van der Waals surface area contributed by atoms with Crippen molar-refractivity contribution in [1.29, 1.82) is 0 Å². The normalized spacial score (nSPS) is 23.2. The first-order valence-electron chi connectivity index (χ1n) is 6.43. The van der Waals surface area contributed by atoms with Crippen LogP contribution in [0.25, 0.3) is 0 Å². The third-order valence-corrected chi connectivity index (χ3v) is 4.10. The molecule has 0 aliphatic heterocycles. The molecular formula is C15H21FO2. The lowest BCUT2D eigenvalue weighted by Crippen LogP contribution is -2.29. The standard InChI is InChI=1S/C15H21FO2/c1-14(2,18-3)9-10-15(17)8-7-11-12(15)5-4-6-13(11)16/h4-6,17H,7-10H2,1-3H3. The van der Waals surface area contributed by atoms with Crippen molar-refractivity contribution in [3.63, 3.8) is 0 Å². The molecule has 1 unspecified atom stereocenters. The minimum absolute atomic E-state index is 0.200. The number of halogens is 1. The highest BCUT2D eigenvalue weighted by Crippen LogP contribution is 2.42. The number of hydrogen-bond donors (Lipinski definition) is 1. The van der Waals surface area contributed by atoms with E-state index in [2.05, 4.69) is 0 Å². The van der Waals surface area contributed by atoms with Gasteiger partial charge in [0.05, 0.1) is 11.2 Å². The summed E-state index contributed by atoms with van der Waals surface area (Å²) in [4.78, 5) is 0. The number of methoxy groups -OCH3 is 1. The number of benzene rings is 1. The van der Waals surface area contributed by atoms with E-state index in [4.69, 9.17) is 4.74 Å². The first-order chi connectivity index (χ1) is 8.38. The lowest BCUT2D eigenvalue weighted by molar-refractivity contribution is -0.0280. The average Bonchev–Trinajstić information content (AvgIpc) is 2.68. The Morgan fingerprint density at radius 1 is 1.44 bits per heavy atom. The summed E-state index contributed by atoms with van der Waals surface area (Å²) >= 11 is 0. The molecule has 1 N–H and O–H groups in total. The van der Waals surface area contributed by atoms with Gasteiger partial charge in [-0.3, -0.25) is 0 Å². The fourth-order valence-corrected chi connectivity index (χ4v) is 2.58. The topological polar surface area (TPSA) is 29.5 Å². The highest BCUT2D eigenvalue weighted by Gasteiger charge is 2.38. The largest absolute Gasteiger partial charge is 0.385 e. The molecule has 0 amide bonds. The Bertz CT molecular complexity index is 442. The predicted octanol–water partition coefficient (Wildman–Crippen LogP) is 3.16. The SMILES string of the molecule is COC(C)(C)CCC1(O)CCc2c(F)cccc21. The molecule has 1 aromatic rings. The summed E-state index contributed by atoms with van der Waals surface area (Å²) in [6.07, 6.45) is 2.56. The Labute approximate surface area is 108 Å². The monoisotopic (exact) mass is 252 g/mol. The maximum atomic E-state index is 13.6. The Hall–Kier alpha value is -0.930. The Kier molecular flexibility index (Phi) is 3.47. The van der Waals surface area contributed by atoms with Gasteiger partial charge in [-0.15, -0.1) is 0 Å². The summed E-state index contributed by atoms with van der Waals surface area (Å²) in [5, 5.41) is 10.7. The summed E-state index contributed by atoms with van der Waals surface area (Å²) in [7, 11) is 1.67. The molecule has 2 rings (SSSR count). The van der Waals surface area contributed by atoms with Crippen LogP contribution in [0.1, 0.15) is 44.2 Å². The second-order valence-corrected chi connectivity index (χ2v) is 5.76. The van der Waals surface area contributed by atoms with E-state index in [1.54, 1.807) is 13.2 Å². The molecule has 1 aliphatic carbocycles. The third kappa shape index (κ3) is 2.43. The number of rotatable bonds is 4. The van der Waals surface area contributed by atoms with Crippen LogP contribution in [0.15, 0.2) is 18.2 Å². The minimum atomic E-state index is -0.896. The summed E-state index contributed by atoms with van der Waals surface area (Å²) in [5.74, 6) is -0.200. The van der Waals surface area contributed by atoms with Crippen LogP contribution in [0.5, 0.6) is 0 Å². The van der Waals surface area contributed by atoms with Gasteiger partial charge in [0, 0.05) is 7.11 Å². The van der Waals surface area contributed by atoms with Crippen LogP contribution in [0.3, 0.4) is 0 Å². The number of aliphatic hydroxyl groups is 1. The second kappa shape index (κ2) is 4.63. The van der Waals surface area contributed by atoms with Gasteiger partial charge < -0.3 is 9.84 Å². The fraction of sp³-hybridized carbons (Fsp3) is 0.600. The van der Waals surface area contributed by atoms with Crippen LogP contribution >= 0.6 is 0 Å². The van der Waals surface area contributed by atoms with Crippen LogP contribution in [0.4, 0.5) is 4.39 Å². The zero-order valence-electron chi connectivity index (χ0n) is 11.3. The van der Waals surface area contributed by atoms with Gasteiger partial charge in [-0.05, 0) is 56.7 Å². The number of ether oxygens (including phenoxy) is 1. The van der Waals surface area contributed by atoms with E-state index < -0.39 is 5.60 Å². The summed E-state index contributed by atoms with van der Waals surface area (Å²) in [5.41, 5.74) is 0.281. The zero-order chi connectivity index (χ0) is 13.4. The van der Waals surface area contributed by atoms with Gasteiger partial charge in [0.25, 0.3) is 0 Å². The first kappa shape index (κ1) is 13.5. The van der Waals surface area contributed by atoms with E-state index in [0.717, 1.165) is 12.0 Å². The zero-order valence-corrected chi connectivity index (χ0v) is 11.3. The van der Waals surface area contributed by atoms with Crippen molar-refractivity contribution < 1.29 is 14.2 Å². The quantitative estimate of drug-likeness (QED) is 0.892. The molecular weight excluding hydrogens is 231 g/mol. The van der Waals surface area contributed by atoms with Crippen LogP contribution < -0.4 is 0 Å². The lowest BCUT2D eigenvalue weighted by atomic mass is 9.87. The molecule has 0 fully saturated rings. The molecule has 0 saturated heterocycles. The molecule has 0 saturated carbocycles. The number of fused-ring (bicyclic) bond motifs is 1. The van der Waals surface area contributed by atoms with Crippen molar-refractivity contribution in [3.05, 3.63) is 35.1 Å². The Morgan fingerprint density at radius 2 is 2.17 bits per heavy atom. The molecule has 1 atom stereocenters. The van der Waals surface area contributed by atoms with Crippen molar-refractivity contribution in [1.82, 2.24) is 0 Å². The average molecular weight is 252 g/mol. The molecule has 3 heteroatoms. The molecule has 100 valence electrons. The molecule has 1 aromatic carbocycles. The smallest absolute Gasteiger partial charge is 0.126 e. The minimum Gasteiger partial charge on any atom is -0.385 e. The van der Waals surface area contributed by atoms with Gasteiger partial charge in [0.15, 0.2) is 0 Å². The molecule has 1 aliphatic rings. The highest BCUT2D eigenvalue weighted by atomic mass is 19.1. The van der Waals surface area contributed by atoms with Crippen molar-refractivity contribution >= 4 is 0 Å². The van der Waals surface area contributed by atoms with Gasteiger partial charge >= 0.3 is 0 Å². The van der Waals surface area contributed by atoms with E-state index in [-0.39, 0.29) is 11.4 Å². The molecule has 0 bridgehead atoms. The van der Waals surface area contributed by atoms with E-state index in [9.17, 15) is 9.50 Å². The van der Waals surface area contributed by atoms with Crippen LogP contribution in [0, 0.1) is 5.82 Å². The van der Waals surface area contributed by atoms with Crippen LogP contribution in [0.2, 0.25) is 0 Å². The van der Waals surface area contributed by atoms with Crippen molar-refractivity contribution in [2.45, 2.75) is 50.7 Å². The van der Waals surface area contributed by atoms with E-state index in [1.807, 2.05) is 19.9 Å². The number of hydrogen-bond acceptors (Lipinski definition) is 2. The van der Waals surface area contributed by atoms with Crippen molar-refractivity contribution in [3.8, 4) is 0 Å². The van der Waals surface area contributed by atoms with Gasteiger partial charge in [0.2, 0.25) is 0 Å². The van der Waals surface area contributed by atoms with Crippen LogP contribution in [-0.4, -0.2) is 17.8 Å². The molecule has 2 nitrogen and oxygen atoms in total.